The van der Waals surface area contributed by atoms with Crippen molar-refractivity contribution >= 4 is 17.3 Å². The van der Waals surface area contributed by atoms with Crippen LogP contribution in [0, 0.1) is 0 Å². The molecule has 0 aliphatic rings. The summed E-state index contributed by atoms with van der Waals surface area (Å²) in [5, 5.41) is 2.72. The van der Waals surface area contributed by atoms with Gasteiger partial charge < -0.3 is 15.8 Å². The Morgan fingerprint density at radius 3 is 2.78 bits per heavy atom. The van der Waals surface area contributed by atoms with Crippen LogP contribution in [0.2, 0.25) is 0 Å². The van der Waals surface area contributed by atoms with Gasteiger partial charge in [-0.05, 0) is 18.6 Å². The summed E-state index contributed by atoms with van der Waals surface area (Å²) in [6.45, 7) is 2.89. The molecule has 1 rings (SSSR count). The number of rotatable bonds is 8. The molecule has 0 atom stereocenters. The maximum atomic E-state index is 11.6. The first kappa shape index (κ1) is 14.5. The molecular weight excluding hydrogens is 228 g/mol. The van der Waals surface area contributed by atoms with Gasteiger partial charge in [-0.15, -0.1) is 0 Å². The summed E-state index contributed by atoms with van der Waals surface area (Å²) in [7, 11) is 0. The number of hydrogen-bond donors (Lipinski definition) is 2. The molecule has 3 N–H and O–H groups in total. The number of nitrogens with one attached hydrogen (secondary N) is 1. The third-order valence-corrected chi connectivity index (χ3v) is 2.61. The molecule has 1 aromatic carbocycles. The van der Waals surface area contributed by atoms with E-state index in [-0.39, 0.29) is 12.5 Å². The number of nitrogens with two attached hydrogens (primary N) is 1. The Morgan fingerprint density at radius 1 is 1.28 bits per heavy atom. The number of hydrogen-bond acceptors (Lipinski definition) is 3. The van der Waals surface area contributed by atoms with E-state index in [4.69, 9.17) is 10.5 Å². The number of ether oxygens (including phenoxy) is 1. The molecular formula is C14H22N2O2. The van der Waals surface area contributed by atoms with E-state index in [2.05, 4.69) is 12.2 Å². The lowest BCUT2D eigenvalue weighted by Crippen LogP contribution is -2.19. The predicted octanol–water partition coefficient (Wildman–Crippen LogP) is 2.80. The van der Waals surface area contributed by atoms with Crippen molar-refractivity contribution < 1.29 is 9.53 Å². The van der Waals surface area contributed by atoms with Crippen LogP contribution in [0.3, 0.4) is 0 Å². The summed E-state index contributed by atoms with van der Waals surface area (Å²) in [6, 6.07) is 7.18. The summed E-state index contributed by atoms with van der Waals surface area (Å²) in [4.78, 5) is 11.6. The van der Waals surface area contributed by atoms with Crippen molar-refractivity contribution in [2.24, 2.45) is 0 Å². The second kappa shape index (κ2) is 8.53. The Kier molecular flexibility index (Phi) is 6.87. The number of nitrogen functional groups attached to an aromatic ring is 1. The van der Waals surface area contributed by atoms with Crippen LogP contribution >= 0.6 is 0 Å². The number of carbonyl (C=O) groups is 1. The number of benzene rings is 1. The Bertz CT molecular complexity index is 367. The monoisotopic (exact) mass is 250 g/mol. The number of unbranched alkanes of at least 4 members (excludes halogenated alkanes) is 3. The standard InChI is InChI=1S/C14H22N2O2/c1-2-3-4-7-10-18-11-14(17)16-13-9-6-5-8-12(13)15/h5-6,8-9H,2-4,7,10-11,15H2,1H3,(H,16,17). The first-order valence-corrected chi connectivity index (χ1v) is 6.46. The van der Waals surface area contributed by atoms with Gasteiger partial charge in [-0.1, -0.05) is 38.3 Å². The molecule has 0 saturated heterocycles. The highest BCUT2D eigenvalue weighted by atomic mass is 16.5. The molecule has 18 heavy (non-hydrogen) atoms. The zero-order valence-electron chi connectivity index (χ0n) is 10.9. The summed E-state index contributed by atoms with van der Waals surface area (Å²) >= 11 is 0. The molecule has 0 aliphatic heterocycles. The third kappa shape index (κ3) is 5.68. The van der Waals surface area contributed by atoms with Gasteiger partial charge in [0, 0.05) is 6.61 Å². The van der Waals surface area contributed by atoms with Crippen molar-refractivity contribution in [1.82, 2.24) is 0 Å². The Morgan fingerprint density at radius 2 is 2.06 bits per heavy atom. The van der Waals surface area contributed by atoms with Gasteiger partial charge >= 0.3 is 0 Å². The number of para-hydroxylation sites is 2. The zero-order chi connectivity index (χ0) is 13.2. The molecule has 0 spiro atoms. The van der Waals surface area contributed by atoms with Gasteiger partial charge in [0.1, 0.15) is 6.61 Å². The lowest BCUT2D eigenvalue weighted by atomic mass is 10.2. The largest absolute Gasteiger partial charge is 0.397 e. The highest BCUT2D eigenvalue weighted by Gasteiger charge is 2.04. The lowest BCUT2D eigenvalue weighted by molar-refractivity contribution is -0.120. The van der Waals surface area contributed by atoms with Gasteiger partial charge in [0.2, 0.25) is 5.91 Å². The van der Waals surface area contributed by atoms with E-state index >= 15 is 0 Å². The smallest absolute Gasteiger partial charge is 0.250 e. The summed E-state index contributed by atoms with van der Waals surface area (Å²) < 4.78 is 5.30. The van der Waals surface area contributed by atoms with Crippen LogP contribution in [-0.4, -0.2) is 19.1 Å². The summed E-state index contributed by atoms with van der Waals surface area (Å²) in [5.41, 5.74) is 6.92. The highest BCUT2D eigenvalue weighted by molar-refractivity contribution is 5.94. The van der Waals surface area contributed by atoms with Gasteiger partial charge in [-0.25, -0.2) is 0 Å². The van der Waals surface area contributed by atoms with E-state index in [1.165, 1.54) is 12.8 Å². The van der Waals surface area contributed by atoms with Crippen LogP contribution in [0.1, 0.15) is 32.6 Å². The predicted molar refractivity (Wildman–Crippen MR) is 74.4 cm³/mol. The van der Waals surface area contributed by atoms with Crippen LogP contribution in [0.4, 0.5) is 11.4 Å². The van der Waals surface area contributed by atoms with Gasteiger partial charge in [-0.3, -0.25) is 4.79 Å². The normalized spacial score (nSPS) is 10.3. The third-order valence-electron chi connectivity index (χ3n) is 2.61. The van der Waals surface area contributed by atoms with Crippen LogP contribution in [0.5, 0.6) is 0 Å². The SMILES string of the molecule is CCCCCCOCC(=O)Nc1ccccc1N. The van der Waals surface area contributed by atoms with Gasteiger partial charge in [0.05, 0.1) is 11.4 Å². The molecule has 0 bridgehead atoms. The van der Waals surface area contributed by atoms with Crippen LogP contribution in [0.15, 0.2) is 24.3 Å². The molecule has 4 heteroatoms. The number of amides is 1. The fourth-order valence-corrected chi connectivity index (χ4v) is 1.59. The second-order valence-corrected chi connectivity index (χ2v) is 4.25. The van der Waals surface area contributed by atoms with Crippen LogP contribution < -0.4 is 11.1 Å². The minimum Gasteiger partial charge on any atom is -0.397 e. The average molecular weight is 250 g/mol. The minimum atomic E-state index is -0.164. The van der Waals surface area contributed by atoms with E-state index in [1.807, 2.05) is 12.1 Å². The van der Waals surface area contributed by atoms with Crippen molar-refractivity contribution in [3.8, 4) is 0 Å². The second-order valence-electron chi connectivity index (χ2n) is 4.25. The van der Waals surface area contributed by atoms with Crippen LogP contribution in [0.25, 0.3) is 0 Å². The van der Waals surface area contributed by atoms with E-state index in [9.17, 15) is 4.79 Å². The van der Waals surface area contributed by atoms with Gasteiger partial charge in [0.15, 0.2) is 0 Å². The van der Waals surface area contributed by atoms with Crippen molar-refractivity contribution in [3.05, 3.63) is 24.3 Å². The van der Waals surface area contributed by atoms with E-state index < -0.39 is 0 Å². The van der Waals surface area contributed by atoms with E-state index in [0.29, 0.717) is 18.0 Å². The van der Waals surface area contributed by atoms with Gasteiger partial charge in [-0.2, -0.15) is 0 Å². The number of anilines is 2. The van der Waals surface area contributed by atoms with Crippen LogP contribution in [-0.2, 0) is 9.53 Å². The Labute approximate surface area is 109 Å². The van der Waals surface area contributed by atoms with E-state index in [1.54, 1.807) is 12.1 Å². The molecule has 0 aliphatic carbocycles. The first-order valence-electron chi connectivity index (χ1n) is 6.46. The molecule has 0 heterocycles. The van der Waals surface area contributed by atoms with Crippen molar-refractivity contribution in [2.45, 2.75) is 32.6 Å². The lowest BCUT2D eigenvalue weighted by Gasteiger charge is -2.08. The topological polar surface area (TPSA) is 64.3 Å². The molecule has 0 saturated carbocycles. The maximum absolute atomic E-state index is 11.6. The maximum Gasteiger partial charge on any atom is 0.250 e. The Hall–Kier alpha value is -1.55. The highest BCUT2D eigenvalue weighted by Crippen LogP contribution is 2.16. The van der Waals surface area contributed by atoms with E-state index in [0.717, 1.165) is 12.8 Å². The molecule has 0 aromatic heterocycles. The molecule has 0 radical (unpaired) electrons. The molecule has 0 fully saturated rings. The fraction of sp³-hybridized carbons (Fsp3) is 0.500. The minimum absolute atomic E-state index is 0.0838. The molecule has 0 unspecified atom stereocenters. The first-order chi connectivity index (χ1) is 8.74. The fourth-order valence-electron chi connectivity index (χ4n) is 1.59. The van der Waals surface area contributed by atoms with Crippen molar-refractivity contribution in [2.75, 3.05) is 24.3 Å². The van der Waals surface area contributed by atoms with Crippen molar-refractivity contribution in [1.29, 1.82) is 0 Å². The Balaban J connectivity index is 2.16. The number of carbonyl (C=O) groups excluding carboxylic acids is 1. The summed E-state index contributed by atoms with van der Waals surface area (Å²) in [5.74, 6) is -0.164. The molecule has 4 nitrogen and oxygen atoms in total. The summed E-state index contributed by atoms with van der Waals surface area (Å²) in [6.07, 6.45) is 4.59. The molecule has 1 aromatic rings. The average Bonchev–Trinajstić information content (AvgIpc) is 2.36. The molecule has 1 amide bonds. The molecule has 100 valence electrons. The van der Waals surface area contributed by atoms with Crippen molar-refractivity contribution in [3.63, 3.8) is 0 Å². The van der Waals surface area contributed by atoms with Gasteiger partial charge in [0.25, 0.3) is 0 Å². The quantitative estimate of drug-likeness (QED) is 0.551. The zero-order valence-corrected chi connectivity index (χ0v) is 10.9.